The molecule has 25 heavy (non-hydrogen) atoms. The molecule has 5 nitrogen and oxygen atoms in total. The normalized spacial score (nSPS) is 10.0. The molecule has 0 bridgehead atoms. The smallest absolute Gasteiger partial charge is 0.305 e. The number of methoxy groups -OCH3 is 1. The zero-order valence-electron chi connectivity index (χ0n) is 14.4. The summed E-state index contributed by atoms with van der Waals surface area (Å²) < 4.78 is 10.4. The molecular formula is C19H22N2O3S. The van der Waals surface area contributed by atoms with Crippen molar-refractivity contribution >= 4 is 29.0 Å². The first-order valence-corrected chi connectivity index (χ1v) is 8.44. The molecule has 0 atom stereocenters. The molecule has 0 fully saturated rings. The molecule has 2 aromatic carbocycles. The molecule has 0 unspecified atom stereocenters. The molecule has 132 valence electrons. The van der Waals surface area contributed by atoms with Crippen molar-refractivity contribution in [2.24, 2.45) is 0 Å². The predicted octanol–water partition coefficient (Wildman–Crippen LogP) is 4.03. The number of carbonyl (C=O) groups is 1. The minimum Gasteiger partial charge on any atom is -0.469 e. The Bertz CT molecular complexity index is 700. The Hall–Kier alpha value is -2.60. The molecule has 0 aromatic heterocycles. The summed E-state index contributed by atoms with van der Waals surface area (Å²) in [5, 5.41) is 6.65. The molecule has 0 saturated carbocycles. The number of hydrogen-bond donors (Lipinski definition) is 2. The third kappa shape index (κ3) is 6.81. The molecule has 0 heterocycles. The molecule has 0 amide bonds. The van der Waals surface area contributed by atoms with Crippen molar-refractivity contribution in [3.63, 3.8) is 0 Å². The second kappa shape index (κ2) is 9.64. The lowest BCUT2D eigenvalue weighted by Gasteiger charge is -2.11. The monoisotopic (exact) mass is 358 g/mol. The second-order valence-corrected chi connectivity index (χ2v) is 5.91. The van der Waals surface area contributed by atoms with E-state index in [4.69, 9.17) is 17.0 Å². The van der Waals surface area contributed by atoms with E-state index in [-0.39, 0.29) is 5.97 Å². The highest BCUT2D eigenvalue weighted by atomic mass is 32.1. The molecule has 2 N–H and O–H groups in total. The van der Waals surface area contributed by atoms with E-state index in [0.717, 1.165) is 17.2 Å². The number of anilines is 1. The van der Waals surface area contributed by atoms with Gasteiger partial charge in [0, 0.05) is 18.7 Å². The Morgan fingerprint density at radius 3 is 2.24 bits per heavy atom. The van der Waals surface area contributed by atoms with Crippen LogP contribution in [0.4, 0.5) is 5.69 Å². The van der Waals surface area contributed by atoms with Crippen LogP contribution in [0.3, 0.4) is 0 Å². The molecule has 0 radical (unpaired) electrons. The second-order valence-electron chi connectivity index (χ2n) is 5.50. The van der Waals surface area contributed by atoms with Gasteiger partial charge < -0.3 is 20.1 Å². The fourth-order valence-electron chi connectivity index (χ4n) is 2.06. The van der Waals surface area contributed by atoms with Crippen molar-refractivity contribution in [2.75, 3.05) is 19.0 Å². The standard InChI is InChI=1S/C19H22N2O3S/c1-14-5-9-16(10-6-14)24-17-11-7-15(8-12-17)21-19(25)20-13-3-4-18(22)23-2/h5-12H,3-4,13H2,1-2H3,(H2,20,21,25). The van der Waals surface area contributed by atoms with E-state index in [0.29, 0.717) is 24.5 Å². The van der Waals surface area contributed by atoms with Crippen LogP contribution in [0.1, 0.15) is 18.4 Å². The maximum Gasteiger partial charge on any atom is 0.305 e. The Morgan fingerprint density at radius 1 is 1.04 bits per heavy atom. The molecular weight excluding hydrogens is 336 g/mol. The van der Waals surface area contributed by atoms with Crippen LogP contribution >= 0.6 is 12.2 Å². The maximum atomic E-state index is 11.0. The average molecular weight is 358 g/mol. The van der Waals surface area contributed by atoms with Crippen molar-refractivity contribution in [3.05, 3.63) is 54.1 Å². The molecule has 0 aliphatic carbocycles. The average Bonchev–Trinajstić information content (AvgIpc) is 2.62. The van der Waals surface area contributed by atoms with Gasteiger partial charge in [-0.15, -0.1) is 0 Å². The van der Waals surface area contributed by atoms with E-state index in [9.17, 15) is 4.79 Å². The summed E-state index contributed by atoms with van der Waals surface area (Å²) in [6.07, 6.45) is 1.04. The Labute approximate surface area is 153 Å². The summed E-state index contributed by atoms with van der Waals surface area (Å²) in [5.41, 5.74) is 2.06. The van der Waals surface area contributed by atoms with Crippen molar-refractivity contribution in [2.45, 2.75) is 19.8 Å². The van der Waals surface area contributed by atoms with Crippen molar-refractivity contribution in [1.82, 2.24) is 5.32 Å². The van der Waals surface area contributed by atoms with E-state index in [1.165, 1.54) is 12.7 Å². The maximum absolute atomic E-state index is 11.0. The van der Waals surface area contributed by atoms with Gasteiger partial charge in [-0.1, -0.05) is 17.7 Å². The number of thiocarbonyl (C=S) groups is 1. The summed E-state index contributed by atoms with van der Waals surface area (Å²) in [7, 11) is 1.38. The molecule has 2 aromatic rings. The Kier molecular flexibility index (Phi) is 7.22. The number of nitrogens with one attached hydrogen (secondary N) is 2. The van der Waals surface area contributed by atoms with Crippen LogP contribution in [0.5, 0.6) is 11.5 Å². The lowest BCUT2D eigenvalue weighted by Crippen LogP contribution is -2.29. The van der Waals surface area contributed by atoms with Crippen LogP contribution in [-0.4, -0.2) is 24.7 Å². The van der Waals surface area contributed by atoms with Gasteiger partial charge >= 0.3 is 5.97 Å². The fraction of sp³-hybridized carbons (Fsp3) is 0.263. The van der Waals surface area contributed by atoms with Gasteiger partial charge in [0.1, 0.15) is 11.5 Å². The zero-order valence-corrected chi connectivity index (χ0v) is 15.2. The number of benzene rings is 2. The summed E-state index contributed by atoms with van der Waals surface area (Å²) >= 11 is 5.22. The van der Waals surface area contributed by atoms with Crippen LogP contribution in [0.15, 0.2) is 48.5 Å². The highest BCUT2D eigenvalue weighted by molar-refractivity contribution is 7.80. The van der Waals surface area contributed by atoms with Gasteiger partial charge in [-0.25, -0.2) is 0 Å². The number of esters is 1. The fourth-order valence-corrected chi connectivity index (χ4v) is 2.28. The van der Waals surface area contributed by atoms with Crippen LogP contribution in [0.25, 0.3) is 0 Å². The third-order valence-corrected chi connectivity index (χ3v) is 3.69. The van der Waals surface area contributed by atoms with E-state index < -0.39 is 0 Å². The predicted molar refractivity (Wildman–Crippen MR) is 103 cm³/mol. The van der Waals surface area contributed by atoms with E-state index in [2.05, 4.69) is 15.4 Å². The van der Waals surface area contributed by atoms with E-state index >= 15 is 0 Å². The first-order chi connectivity index (χ1) is 12.1. The van der Waals surface area contributed by atoms with Crippen molar-refractivity contribution in [1.29, 1.82) is 0 Å². The topological polar surface area (TPSA) is 59.6 Å². The molecule has 0 spiro atoms. The van der Waals surface area contributed by atoms with Gasteiger partial charge in [0.05, 0.1) is 7.11 Å². The van der Waals surface area contributed by atoms with Crippen LogP contribution in [0.2, 0.25) is 0 Å². The number of rotatable bonds is 7. The van der Waals surface area contributed by atoms with Gasteiger partial charge in [-0.3, -0.25) is 4.79 Å². The molecule has 2 rings (SSSR count). The van der Waals surface area contributed by atoms with Gasteiger partial charge in [0.2, 0.25) is 0 Å². The first kappa shape index (κ1) is 18.7. The quantitative estimate of drug-likeness (QED) is 0.443. The molecule has 0 saturated heterocycles. The number of ether oxygens (including phenoxy) is 2. The minimum atomic E-state index is -0.218. The van der Waals surface area contributed by atoms with Gasteiger partial charge in [-0.2, -0.15) is 0 Å². The highest BCUT2D eigenvalue weighted by Crippen LogP contribution is 2.23. The molecule has 0 aliphatic heterocycles. The summed E-state index contributed by atoms with van der Waals surface area (Å²) in [5.74, 6) is 1.34. The largest absolute Gasteiger partial charge is 0.469 e. The molecule has 0 aliphatic rings. The van der Waals surface area contributed by atoms with Crippen molar-refractivity contribution in [3.8, 4) is 11.5 Å². The Balaban J connectivity index is 1.76. The number of carbonyl (C=O) groups excluding carboxylic acids is 1. The van der Waals surface area contributed by atoms with E-state index in [1.807, 2.05) is 55.5 Å². The van der Waals surface area contributed by atoms with Crippen LogP contribution < -0.4 is 15.4 Å². The minimum absolute atomic E-state index is 0.218. The summed E-state index contributed by atoms with van der Waals surface area (Å²) in [6.45, 7) is 2.65. The molecule has 6 heteroatoms. The lowest BCUT2D eigenvalue weighted by molar-refractivity contribution is -0.140. The lowest BCUT2D eigenvalue weighted by atomic mass is 10.2. The third-order valence-electron chi connectivity index (χ3n) is 3.44. The SMILES string of the molecule is COC(=O)CCCNC(=S)Nc1ccc(Oc2ccc(C)cc2)cc1. The van der Waals surface area contributed by atoms with Gasteiger partial charge in [-0.05, 0) is 62.0 Å². The number of aryl methyl sites for hydroxylation is 1. The summed E-state index contributed by atoms with van der Waals surface area (Å²) in [4.78, 5) is 11.0. The summed E-state index contributed by atoms with van der Waals surface area (Å²) in [6, 6.07) is 15.4. The highest BCUT2D eigenvalue weighted by Gasteiger charge is 2.02. The van der Waals surface area contributed by atoms with E-state index in [1.54, 1.807) is 0 Å². The van der Waals surface area contributed by atoms with Crippen LogP contribution in [-0.2, 0) is 9.53 Å². The van der Waals surface area contributed by atoms with Crippen molar-refractivity contribution < 1.29 is 14.3 Å². The van der Waals surface area contributed by atoms with Gasteiger partial charge in [0.25, 0.3) is 0 Å². The first-order valence-electron chi connectivity index (χ1n) is 8.03. The zero-order chi connectivity index (χ0) is 18.1. The number of hydrogen-bond acceptors (Lipinski definition) is 4. The van der Waals surface area contributed by atoms with Gasteiger partial charge in [0.15, 0.2) is 5.11 Å². The van der Waals surface area contributed by atoms with Crippen LogP contribution in [0, 0.1) is 6.92 Å². The Morgan fingerprint density at radius 2 is 1.64 bits per heavy atom.